The second-order valence-electron chi connectivity index (χ2n) is 6.99. The Labute approximate surface area is 178 Å². The van der Waals surface area contributed by atoms with Gasteiger partial charge in [0.05, 0.1) is 9.97 Å². The highest BCUT2D eigenvalue weighted by Gasteiger charge is 2.23. The summed E-state index contributed by atoms with van der Waals surface area (Å²) in [5.74, 6) is 4.10. The first-order chi connectivity index (χ1) is 14.3. The maximum atomic E-state index is 6.29. The molecule has 0 amide bonds. The Morgan fingerprint density at radius 1 is 0.966 bits per heavy atom. The van der Waals surface area contributed by atoms with Crippen LogP contribution in [-0.4, -0.2) is 32.6 Å². The molecule has 1 saturated heterocycles. The molecular weight excluding hydrogens is 398 g/mol. The largest absolute Gasteiger partial charge is 0.437 e. The maximum Gasteiger partial charge on any atom is 0.232 e. The van der Waals surface area contributed by atoms with Crippen LogP contribution < -0.4 is 5.32 Å². The van der Waals surface area contributed by atoms with Crippen LogP contribution in [0.25, 0.3) is 33.6 Å². The predicted molar refractivity (Wildman–Crippen MR) is 125 cm³/mol. The van der Waals surface area contributed by atoms with Crippen molar-refractivity contribution in [1.82, 2.24) is 9.97 Å². The summed E-state index contributed by atoms with van der Waals surface area (Å²) in [5.41, 5.74) is 5.02. The van der Waals surface area contributed by atoms with Crippen molar-refractivity contribution in [3.8, 4) is 22.5 Å². The molecule has 146 valence electrons. The Balaban J connectivity index is 1.66. The fourth-order valence-electron chi connectivity index (χ4n) is 3.56. The van der Waals surface area contributed by atoms with Crippen LogP contribution in [0.15, 0.2) is 65.3 Å². The van der Waals surface area contributed by atoms with Gasteiger partial charge >= 0.3 is 0 Å². The van der Waals surface area contributed by atoms with Gasteiger partial charge in [-0.25, -0.2) is 9.97 Å². The zero-order valence-corrected chi connectivity index (χ0v) is 17.7. The van der Waals surface area contributed by atoms with Crippen molar-refractivity contribution in [2.75, 3.05) is 23.4 Å². The van der Waals surface area contributed by atoms with E-state index >= 15 is 0 Å². The summed E-state index contributed by atoms with van der Waals surface area (Å²) in [6, 6.07) is 18.8. The highest BCUT2D eigenvalue weighted by Crippen LogP contribution is 2.42. The van der Waals surface area contributed by atoms with E-state index in [1.54, 1.807) is 6.33 Å². The van der Waals surface area contributed by atoms with E-state index in [1.807, 2.05) is 29.6 Å². The molecular formula is C23H21N3OS2. The molecule has 1 N–H and O–H groups in total. The van der Waals surface area contributed by atoms with Gasteiger partial charge in [0.2, 0.25) is 5.71 Å². The lowest BCUT2D eigenvalue weighted by Crippen LogP contribution is -2.12. The average molecular weight is 420 g/mol. The maximum absolute atomic E-state index is 6.29. The molecule has 1 aliphatic heterocycles. The molecule has 29 heavy (non-hydrogen) atoms. The van der Waals surface area contributed by atoms with E-state index in [4.69, 9.17) is 4.42 Å². The lowest BCUT2D eigenvalue weighted by molar-refractivity contribution is 0.618. The molecule has 1 aliphatic rings. The summed E-state index contributed by atoms with van der Waals surface area (Å²) >= 11 is 4.01. The lowest BCUT2D eigenvalue weighted by atomic mass is 9.99. The Morgan fingerprint density at radius 3 is 2.48 bits per heavy atom. The van der Waals surface area contributed by atoms with E-state index in [1.165, 1.54) is 17.1 Å². The van der Waals surface area contributed by atoms with Crippen LogP contribution in [0.4, 0.5) is 5.82 Å². The van der Waals surface area contributed by atoms with Gasteiger partial charge in [0, 0.05) is 29.2 Å². The summed E-state index contributed by atoms with van der Waals surface area (Å²) in [6.07, 6.45) is 1.58. The standard InChI is InChI=1S/C23H21N3OS2/c1-15-7-9-17(10-8-15)21-19(16-5-3-2-4-6-16)20-22(25-14-26-23(20)27-21)24-13-18-28-11-12-29-18/h2-10,14,18H,11-13H2,1H3,(H,24,25,26). The summed E-state index contributed by atoms with van der Waals surface area (Å²) in [4.78, 5) is 9.02. The second-order valence-corrected chi connectivity index (χ2v) is 9.91. The van der Waals surface area contributed by atoms with Crippen LogP contribution in [0, 0.1) is 6.92 Å². The molecule has 0 atom stereocenters. The van der Waals surface area contributed by atoms with E-state index in [0.717, 1.165) is 40.2 Å². The number of furan rings is 1. The van der Waals surface area contributed by atoms with Crippen molar-refractivity contribution in [1.29, 1.82) is 0 Å². The fraction of sp³-hybridized carbons (Fsp3) is 0.217. The zero-order valence-electron chi connectivity index (χ0n) is 16.1. The van der Waals surface area contributed by atoms with Gasteiger partial charge in [-0.05, 0) is 12.5 Å². The number of aryl methyl sites for hydroxylation is 1. The molecule has 2 aromatic heterocycles. The Hall–Kier alpha value is -2.44. The van der Waals surface area contributed by atoms with Gasteiger partial charge in [-0.1, -0.05) is 60.2 Å². The summed E-state index contributed by atoms with van der Waals surface area (Å²) in [7, 11) is 0. The van der Waals surface area contributed by atoms with Crippen molar-refractivity contribution in [2.24, 2.45) is 0 Å². The molecule has 6 heteroatoms. The third-order valence-electron chi connectivity index (χ3n) is 4.99. The normalized spacial score (nSPS) is 14.5. The number of thioether (sulfide) groups is 2. The van der Waals surface area contributed by atoms with E-state index < -0.39 is 0 Å². The van der Waals surface area contributed by atoms with Crippen LogP contribution >= 0.6 is 23.5 Å². The lowest BCUT2D eigenvalue weighted by Gasteiger charge is -2.11. The molecule has 0 unspecified atom stereocenters. The van der Waals surface area contributed by atoms with Crippen LogP contribution in [0.3, 0.4) is 0 Å². The minimum atomic E-state index is 0.559. The van der Waals surface area contributed by atoms with Crippen molar-refractivity contribution in [3.63, 3.8) is 0 Å². The quantitative estimate of drug-likeness (QED) is 0.423. The van der Waals surface area contributed by atoms with Crippen LogP contribution in [0.5, 0.6) is 0 Å². The average Bonchev–Trinajstić information content (AvgIpc) is 3.41. The molecule has 0 aliphatic carbocycles. The number of nitrogens with zero attached hydrogens (tertiary/aromatic N) is 2. The van der Waals surface area contributed by atoms with Gasteiger partial charge in [0.1, 0.15) is 17.9 Å². The highest BCUT2D eigenvalue weighted by molar-refractivity contribution is 8.20. The third kappa shape index (κ3) is 3.74. The molecule has 0 radical (unpaired) electrons. The molecule has 2 aromatic carbocycles. The van der Waals surface area contributed by atoms with E-state index in [0.29, 0.717) is 10.3 Å². The van der Waals surface area contributed by atoms with Gasteiger partial charge in [0.25, 0.3) is 0 Å². The minimum absolute atomic E-state index is 0.559. The molecule has 4 aromatic rings. The molecule has 3 heterocycles. The zero-order chi connectivity index (χ0) is 19.6. The molecule has 0 bridgehead atoms. The smallest absolute Gasteiger partial charge is 0.232 e. The Bertz CT molecular complexity index is 1120. The van der Waals surface area contributed by atoms with Gasteiger partial charge < -0.3 is 9.73 Å². The first kappa shape index (κ1) is 18.6. The first-order valence-corrected chi connectivity index (χ1v) is 11.8. The van der Waals surface area contributed by atoms with Crippen molar-refractivity contribution >= 4 is 40.4 Å². The van der Waals surface area contributed by atoms with Crippen LogP contribution in [0.2, 0.25) is 0 Å². The Morgan fingerprint density at radius 2 is 1.72 bits per heavy atom. The number of fused-ring (bicyclic) bond motifs is 1. The minimum Gasteiger partial charge on any atom is -0.437 e. The summed E-state index contributed by atoms with van der Waals surface area (Å²) in [6.45, 7) is 2.97. The van der Waals surface area contributed by atoms with Gasteiger partial charge in [-0.2, -0.15) is 0 Å². The number of nitrogens with one attached hydrogen (secondary N) is 1. The van der Waals surface area contributed by atoms with Crippen molar-refractivity contribution in [2.45, 2.75) is 11.5 Å². The van der Waals surface area contributed by atoms with E-state index in [2.05, 4.69) is 70.7 Å². The fourth-order valence-corrected chi connectivity index (χ4v) is 6.22. The summed E-state index contributed by atoms with van der Waals surface area (Å²) < 4.78 is 6.85. The van der Waals surface area contributed by atoms with Gasteiger partial charge in [-0.15, -0.1) is 23.5 Å². The number of hydrogen-bond donors (Lipinski definition) is 1. The molecule has 0 saturated carbocycles. The number of aromatic nitrogens is 2. The number of anilines is 1. The summed E-state index contributed by atoms with van der Waals surface area (Å²) in [5, 5.41) is 4.51. The van der Waals surface area contributed by atoms with Gasteiger partial charge in [-0.3, -0.25) is 0 Å². The first-order valence-electron chi connectivity index (χ1n) is 9.66. The second kappa shape index (κ2) is 8.13. The SMILES string of the molecule is Cc1ccc(-c2oc3ncnc(NCC4SCCS4)c3c2-c2ccccc2)cc1. The van der Waals surface area contributed by atoms with Crippen molar-refractivity contribution in [3.05, 3.63) is 66.5 Å². The van der Waals surface area contributed by atoms with E-state index in [-0.39, 0.29) is 0 Å². The Kier molecular flexibility index (Phi) is 5.21. The molecule has 1 fully saturated rings. The van der Waals surface area contributed by atoms with Crippen LogP contribution in [0.1, 0.15) is 5.56 Å². The van der Waals surface area contributed by atoms with Gasteiger partial charge in [0.15, 0.2) is 0 Å². The third-order valence-corrected chi connectivity index (χ3v) is 8.02. The monoisotopic (exact) mass is 419 g/mol. The van der Waals surface area contributed by atoms with E-state index in [9.17, 15) is 0 Å². The number of rotatable bonds is 5. The molecule has 4 nitrogen and oxygen atoms in total. The molecule has 0 spiro atoms. The highest BCUT2D eigenvalue weighted by atomic mass is 32.2. The predicted octanol–water partition coefficient (Wildman–Crippen LogP) is 6.08. The number of benzene rings is 2. The molecule has 5 rings (SSSR count). The van der Waals surface area contributed by atoms with Crippen molar-refractivity contribution < 1.29 is 4.42 Å². The van der Waals surface area contributed by atoms with Crippen LogP contribution in [-0.2, 0) is 0 Å². The topological polar surface area (TPSA) is 51.0 Å². The number of hydrogen-bond acceptors (Lipinski definition) is 6.